The quantitative estimate of drug-likeness (QED) is 0.523. The Hall–Kier alpha value is -2.19. The summed E-state index contributed by atoms with van der Waals surface area (Å²) in [6.07, 6.45) is 0.256. The van der Waals surface area contributed by atoms with Gasteiger partial charge in [-0.15, -0.1) is 11.8 Å². The number of fused-ring (bicyclic) bond motifs is 1. The fourth-order valence-corrected chi connectivity index (χ4v) is 4.93. The van der Waals surface area contributed by atoms with E-state index in [2.05, 4.69) is 50.4 Å². The molecular formula is C23H30N2O4S2. The molecule has 0 saturated heterocycles. The summed E-state index contributed by atoms with van der Waals surface area (Å²) < 4.78 is 32.1. The van der Waals surface area contributed by atoms with Gasteiger partial charge in [-0.3, -0.25) is 9.10 Å². The lowest BCUT2D eigenvalue weighted by Crippen LogP contribution is -2.50. The van der Waals surface area contributed by atoms with Gasteiger partial charge in [0.15, 0.2) is 6.10 Å². The molecule has 2 aromatic rings. The number of rotatable bonds is 6. The first-order valence-electron chi connectivity index (χ1n) is 10.2. The van der Waals surface area contributed by atoms with Gasteiger partial charge in [0.05, 0.1) is 18.5 Å². The van der Waals surface area contributed by atoms with Crippen LogP contribution in [0.5, 0.6) is 5.75 Å². The zero-order chi connectivity index (χ0) is 22.8. The number of aryl methyl sites for hydroxylation is 1. The van der Waals surface area contributed by atoms with Crippen molar-refractivity contribution in [1.82, 2.24) is 5.32 Å². The van der Waals surface area contributed by atoms with Crippen LogP contribution in [0.15, 0.2) is 47.4 Å². The average molecular weight is 463 g/mol. The lowest BCUT2D eigenvalue weighted by molar-refractivity contribution is -0.127. The van der Waals surface area contributed by atoms with E-state index in [0.29, 0.717) is 23.7 Å². The molecule has 0 radical (unpaired) electrons. The summed E-state index contributed by atoms with van der Waals surface area (Å²) in [5.41, 5.74) is 2.55. The van der Waals surface area contributed by atoms with E-state index in [1.807, 2.05) is 19.1 Å². The molecule has 0 aromatic heterocycles. The zero-order valence-electron chi connectivity index (χ0n) is 18.6. The number of hydrogen-bond donors (Lipinski definition) is 1. The largest absolute Gasteiger partial charge is 0.476 e. The summed E-state index contributed by atoms with van der Waals surface area (Å²) in [4.78, 5) is 13.8. The standard InChI is InChI=1S/C23H30N2O4S2/c1-16-6-9-18(10-7-16)30-13-12-24-22(26)21-15-25(31(5,27)28)19-14-17(23(2,3)4)8-11-20(19)29-21/h6-11,14,21H,12-13,15H2,1-5H3,(H,24,26). The molecule has 31 heavy (non-hydrogen) atoms. The molecule has 1 N–H and O–H groups in total. The summed E-state index contributed by atoms with van der Waals surface area (Å²) in [6.45, 7) is 8.65. The second-order valence-electron chi connectivity index (χ2n) is 8.79. The summed E-state index contributed by atoms with van der Waals surface area (Å²) in [5, 5.41) is 2.87. The Balaban J connectivity index is 1.67. The van der Waals surface area contributed by atoms with Crippen LogP contribution in [-0.2, 0) is 20.2 Å². The monoisotopic (exact) mass is 462 g/mol. The van der Waals surface area contributed by atoms with Crippen LogP contribution in [0, 0.1) is 6.92 Å². The van der Waals surface area contributed by atoms with E-state index in [1.54, 1.807) is 17.8 Å². The minimum absolute atomic E-state index is 0.0453. The Morgan fingerprint density at radius 3 is 2.48 bits per heavy atom. The second-order valence-corrected chi connectivity index (χ2v) is 11.9. The van der Waals surface area contributed by atoms with E-state index in [1.165, 1.54) is 9.87 Å². The molecule has 3 rings (SSSR count). The molecular weight excluding hydrogens is 432 g/mol. The molecule has 0 aliphatic carbocycles. The molecule has 1 aliphatic rings. The van der Waals surface area contributed by atoms with E-state index in [0.717, 1.165) is 16.7 Å². The van der Waals surface area contributed by atoms with E-state index >= 15 is 0 Å². The fraction of sp³-hybridized carbons (Fsp3) is 0.435. The maximum Gasteiger partial charge on any atom is 0.263 e. The normalized spacial score (nSPS) is 16.4. The molecule has 0 fully saturated rings. The smallest absolute Gasteiger partial charge is 0.263 e. The summed E-state index contributed by atoms with van der Waals surface area (Å²) >= 11 is 1.65. The van der Waals surface area contributed by atoms with Crippen LogP contribution in [0.4, 0.5) is 5.69 Å². The number of carbonyl (C=O) groups excluding carboxylic acids is 1. The third-order valence-electron chi connectivity index (χ3n) is 5.08. The van der Waals surface area contributed by atoms with Gasteiger partial charge in [-0.05, 0) is 42.2 Å². The maximum absolute atomic E-state index is 12.7. The predicted octanol–water partition coefficient (Wildman–Crippen LogP) is 3.73. The molecule has 1 heterocycles. The topological polar surface area (TPSA) is 75.7 Å². The maximum atomic E-state index is 12.7. The summed E-state index contributed by atoms with van der Waals surface area (Å²) in [6, 6.07) is 13.7. The van der Waals surface area contributed by atoms with Gasteiger partial charge in [-0.2, -0.15) is 0 Å². The van der Waals surface area contributed by atoms with Crippen molar-refractivity contribution in [2.45, 2.75) is 44.1 Å². The van der Waals surface area contributed by atoms with Crippen LogP contribution in [-0.4, -0.2) is 45.5 Å². The Kier molecular flexibility index (Phi) is 6.91. The lowest BCUT2D eigenvalue weighted by Gasteiger charge is -2.35. The lowest BCUT2D eigenvalue weighted by atomic mass is 9.86. The highest BCUT2D eigenvalue weighted by Crippen LogP contribution is 2.38. The van der Waals surface area contributed by atoms with Crippen molar-refractivity contribution in [3.63, 3.8) is 0 Å². The molecule has 2 aromatic carbocycles. The van der Waals surface area contributed by atoms with E-state index in [9.17, 15) is 13.2 Å². The summed E-state index contributed by atoms with van der Waals surface area (Å²) in [5.74, 6) is 0.797. The first kappa shape index (κ1) is 23.5. The van der Waals surface area contributed by atoms with E-state index in [4.69, 9.17) is 4.74 Å². The van der Waals surface area contributed by atoms with Gasteiger partial charge in [-0.1, -0.05) is 44.5 Å². The number of ether oxygens (including phenoxy) is 1. The highest BCUT2D eigenvalue weighted by molar-refractivity contribution is 7.99. The van der Waals surface area contributed by atoms with Gasteiger partial charge in [0, 0.05) is 17.2 Å². The van der Waals surface area contributed by atoms with Crippen molar-refractivity contribution in [2.24, 2.45) is 0 Å². The van der Waals surface area contributed by atoms with Crippen molar-refractivity contribution in [3.8, 4) is 5.75 Å². The van der Waals surface area contributed by atoms with Gasteiger partial charge in [0.1, 0.15) is 5.75 Å². The van der Waals surface area contributed by atoms with Gasteiger partial charge >= 0.3 is 0 Å². The van der Waals surface area contributed by atoms with Gasteiger partial charge in [0.2, 0.25) is 10.0 Å². The summed E-state index contributed by atoms with van der Waals surface area (Å²) in [7, 11) is -3.56. The molecule has 8 heteroatoms. The first-order chi connectivity index (χ1) is 14.4. The van der Waals surface area contributed by atoms with Crippen molar-refractivity contribution in [2.75, 3.05) is 29.4 Å². The molecule has 0 bridgehead atoms. The van der Waals surface area contributed by atoms with Crippen LogP contribution in [0.2, 0.25) is 0 Å². The second kappa shape index (κ2) is 9.12. The molecule has 1 atom stereocenters. The van der Waals surface area contributed by atoms with Crippen LogP contribution in [0.1, 0.15) is 31.9 Å². The molecule has 0 saturated carbocycles. The number of nitrogens with zero attached hydrogens (tertiary/aromatic N) is 1. The number of thioether (sulfide) groups is 1. The molecule has 1 amide bonds. The molecule has 6 nitrogen and oxygen atoms in total. The number of carbonyl (C=O) groups is 1. The molecule has 1 aliphatic heterocycles. The third kappa shape index (κ3) is 5.95. The van der Waals surface area contributed by atoms with Gasteiger partial charge in [-0.25, -0.2) is 8.42 Å². The Bertz CT molecular complexity index is 1040. The zero-order valence-corrected chi connectivity index (χ0v) is 20.3. The Morgan fingerprint density at radius 2 is 1.87 bits per heavy atom. The highest BCUT2D eigenvalue weighted by atomic mass is 32.2. The SMILES string of the molecule is Cc1ccc(SCCNC(=O)C2CN(S(C)(=O)=O)c3cc(C(C)(C)C)ccc3O2)cc1. The number of anilines is 1. The van der Waals surface area contributed by atoms with Crippen LogP contribution in [0.3, 0.4) is 0 Å². The van der Waals surface area contributed by atoms with Gasteiger partial charge in [0.25, 0.3) is 5.91 Å². The third-order valence-corrected chi connectivity index (χ3v) is 7.24. The molecule has 168 valence electrons. The van der Waals surface area contributed by atoms with E-state index in [-0.39, 0.29) is 17.9 Å². The first-order valence-corrected chi connectivity index (χ1v) is 13.0. The number of amides is 1. The van der Waals surface area contributed by atoms with Crippen LogP contribution < -0.4 is 14.4 Å². The van der Waals surface area contributed by atoms with Crippen LogP contribution in [0.25, 0.3) is 0 Å². The van der Waals surface area contributed by atoms with Gasteiger partial charge < -0.3 is 10.1 Å². The molecule has 1 unspecified atom stereocenters. The number of hydrogen-bond acceptors (Lipinski definition) is 5. The minimum Gasteiger partial charge on any atom is -0.476 e. The highest BCUT2D eigenvalue weighted by Gasteiger charge is 2.35. The van der Waals surface area contributed by atoms with Crippen molar-refractivity contribution in [1.29, 1.82) is 0 Å². The van der Waals surface area contributed by atoms with Crippen LogP contribution >= 0.6 is 11.8 Å². The molecule has 0 spiro atoms. The minimum atomic E-state index is -3.56. The van der Waals surface area contributed by atoms with Crippen molar-refractivity contribution >= 4 is 33.4 Å². The number of nitrogens with one attached hydrogen (secondary N) is 1. The predicted molar refractivity (Wildman–Crippen MR) is 127 cm³/mol. The Labute approximate surface area is 189 Å². The number of sulfonamides is 1. The van der Waals surface area contributed by atoms with Crippen molar-refractivity contribution in [3.05, 3.63) is 53.6 Å². The fourth-order valence-electron chi connectivity index (χ4n) is 3.26. The Morgan fingerprint density at radius 1 is 1.19 bits per heavy atom. The van der Waals surface area contributed by atoms with Crippen molar-refractivity contribution < 1.29 is 17.9 Å². The number of benzene rings is 2. The van der Waals surface area contributed by atoms with E-state index < -0.39 is 16.1 Å². The average Bonchev–Trinajstić information content (AvgIpc) is 2.69.